The molecule has 0 aliphatic rings. The summed E-state index contributed by atoms with van der Waals surface area (Å²) >= 11 is 0. The van der Waals surface area contributed by atoms with E-state index >= 15 is 0 Å². The molecular weight excluding hydrogens is 397 g/mol. The smallest absolute Gasteiger partial charge is 0.416 e. The van der Waals surface area contributed by atoms with Gasteiger partial charge in [0.2, 0.25) is 0 Å². The molecule has 0 aliphatic heterocycles. The first-order chi connectivity index (χ1) is 14.3. The third-order valence-corrected chi connectivity index (χ3v) is 4.08. The predicted molar refractivity (Wildman–Crippen MR) is 104 cm³/mol. The van der Waals surface area contributed by atoms with Crippen LogP contribution in [0.1, 0.15) is 11.3 Å². The standard InChI is InChI=1S/C22H15F3N2O3/c1-29-18-7-3-6-17(12-18)27-21(28)15(13-26)11-19-8-9-20(30-19)14-4-2-5-16(10-14)22(23,24)25/h2-12H,1H3,(H,27,28)/b15-11-. The number of rotatable bonds is 5. The van der Waals surface area contributed by atoms with Gasteiger partial charge >= 0.3 is 6.18 Å². The molecule has 0 atom stereocenters. The molecule has 0 radical (unpaired) electrons. The van der Waals surface area contributed by atoms with Crippen molar-refractivity contribution in [2.24, 2.45) is 0 Å². The van der Waals surface area contributed by atoms with Crippen molar-refractivity contribution in [3.05, 3.63) is 77.6 Å². The first kappa shape index (κ1) is 20.7. The van der Waals surface area contributed by atoms with Crippen LogP contribution >= 0.6 is 0 Å². The molecule has 2 aromatic carbocycles. The molecule has 3 rings (SSSR count). The summed E-state index contributed by atoms with van der Waals surface area (Å²) in [6, 6.07) is 16.0. The van der Waals surface area contributed by atoms with E-state index in [0.29, 0.717) is 11.4 Å². The van der Waals surface area contributed by atoms with Crippen molar-refractivity contribution in [1.82, 2.24) is 0 Å². The lowest BCUT2D eigenvalue weighted by molar-refractivity contribution is -0.137. The van der Waals surface area contributed by atoms with Gasteiger partial charge < -0.3 is 14.5 Å². The second-order valence-corrected chi connectivity index (χ2v) is 6.14. The third-order valence-electron chi connectivity index (χ3n) is 4.08. The molecule has 0 spiro atoms. The topological polar surface area (TPSA) is 75.3 Å². The number of hydrogen-bond acceptors (Lipinski definition) is 4. The summed E-state index contributed by atoms with van der Waals surface area (Å²) in [6.45, 7) is 0. The predicted octanol–water partition coefficient (Wildman–Crippen LogP) is 5.52. The Morgan fingerprint density at radius 3 is 2.60 bits per heavy atom. The average Bonchev–Trinajstić information content (AvgIpc) is 3.20. The van der Waals surface area contributed by atoms with Crippen LogP contribution < -0.4 is 10.1 Å². The normalized spacial score (nSPS) is 11.6. The molecule has 0 fully saturated rings. The van der Waals surface area contributed by atoms with Gasteiger partial charge in [-0.25, -0.2) is 0 Å². The van der Waals surface area contributed by atoms with Gasteiger partial charge in [0.25, 0.3) is 5.91 Å². The Bertz CT molecular complexity index is 1140. The van der Waals surface area contributed by atoms with Gasteiger partial charge in [-0.1, -0.05) is 18.2 Å². The number of benzene rings is 2. The molecule has 0 saturated carbocycles. The highest BCUT2D eigenvalue weighted by atomic mass is 19.4. The second kappa shape index (κ2) is 8.57. The van der Waals surface area contributed by atoms with E-state index < -0.39 is 17.6 Å². The zero-order chi connectivity index (χ0) is 21.7. The molecule has 3 aromatic rings. The maximum Gasteiger partial charge on any atom is 0.416 e. The van der Waals surface area contributed by atoms with Gasteiger partial charge in [-0.3, -0.25) is 4.79 Å². The third kappa shape index (κ3) is 4.89. The lowest BCUT2D eigenvalue weighted by Gasteiger charge is -2.07. The van der Waals surface area contributed by atoms with Gasteiger partial charge in [-0.05, 0) is 36.4 Å². The second-order valence-electron chi connectivity index (χ2n) is 6.14. The number of nitrogens with one attached hydrogen (secondary N) is 1. The number of alkyl halides is 3. The van der Waals surface area contributed by atoms with Crippen molar-refractivity contribution in [3.63, 3.8) is 0 Å². The van der Waals surface area contributed by atoms with Crippen molar-refractivity contribution in [2.45, 2.75) is 6.18 Å². The van der Waals surface area contributed by atoms with E-state index in [1.807, 2.05) is 0 Å². The van der Waals surface area contributed by atoms with Gasteiger partial charge in [0.15, 0.2) is 0 Å². The van der Waals surface area contributed by atoms with E-state index in [4.69, 9.17) is 9.15 Å². The van der Waals surface area contributed by atoms with E-state index in [1.54, 1.807) is 30.3 Å². The minimum absolute atomic E-state index is 0.153. The molecule has 1 heterocycles. The zero-order valence-electron chi connectivity index (χ0n) is 15.7. The molecule has 5 nitrogen and oxygen atoms in total. The Labute approximate surface area is 170 Å². The van der Waals surface area contributed by atoms with Gasteiger partial charge in [-0.2, -0.15) is 18.4 Å². The van der Waals surface area contributed by atoms with Gasteiger partial charge in [0, 0.05) is 23.4 Å². The Morgan fingerprint density at radius 2 is 1.90 bits per heavy atom. The fourth-order valence-corrected chi connectivity index (χ4v) is 2.62. The van der Waals surface area contributed by atoms with Crippen LogP contribution in [-0.2, 0) is 11.0 Å². The van der Waals surface area contributed by atoms with Crippen LogP contribution in [0, 0.1) is 11.3 Å². The van der Waals surface area contributed by atoms with Crippen LogP contribution in [0.15, 0.2) is 70.7 Å². The Hall–Kier alpha value is -3.99. The first-order valence-corrected chi connectivity index (χ1v) is 8.65. The van der Waals surface area contributed by atoms with Crippen LogP contribution in [0.4, 0.5) is 18.9 Å². The number of ether oxygens (including phenoxy) is 1. The summed E-state index contributed by atoms with van der Waals surface area (Å²) < 4.78 is 49.3. The number of halogens is 3. The summed E-state index contributed by atoms with van der Waals surface area (Å²) in [5, 5.41) is 11.9. The molecule has 0 bridgehead atoms. The van der Waals surface area contributed by atoms with Gasteiger partial charge in [0.1, 0.15) is 28.9 Å². The van der Waals surface area contributed by atoms with Gasteiger partial charge in [-0.15, -0.1) is 0 Å². The highest BCUT2D eigenvalue weighted by Gasteiger charge is 2.30. The van der Waals surface area contributed by atoms with Crippen LogP contribution in [0.5, 0.6) is 5.75 Å². The summed E-state index contributed by atoms with van der Waals surface area (Å²) in [7, 11) is 1.49. The van der Waals surface area contributed by atoms with Crippen LogP contribution in [0.25, 0.3) is 17.4 Å². The van der Waals surface area contributed by atoms with E-state index in [1.165, 1.54) is 37.5 Å². The minimum atomic E-state index is -4.47. The lowest BCUT2D eigenvalue weighted by atomic mass is 10.1. The molecule has 1 aromatic heterocycles. The van der Waals surface area contributed by atoms with Gasteiger partial charge in [0.05, 0.1) is 12.7 Å². The van der Waals surface area contributed by atoms with Crippen LogP contribution in [0.3, 0.4) is 0 Å². The molecule has 0 saturated heterocycles. The van der Waals surface area contributed by atoms with E-state index in [9.17, 15) is 23.2 Å². The molecule has 0 aliphatic carbocycles. The monoisotopic (exact) mass is 412 g/mol. The number of carbonyl (C=O) groups is 1. The first-order valence-electron chi connectivity index (χ1n) is 8.65. The largest absolute Gasteiger partial charge is 0.497 e. The summed E-state index contributed by atoms with van der Waals surface area (Å²) in [4.78, 5) is 12.4. The number of nitrogens with zero attached hydrogens (tertiary/aromatic N) is 1. The fraction of sp³-hybridized carbons (Fsp3) is 0.0909. The Balaban J connectivity index is 1.81. The fourth-order valence-electron chi connectivity index (χ4n) is 2.62. The molecule has 0 unspecified atom stereocenters. The van der Waals surface area contributed by atoms with Crippen molar-refractivity contribution >= 4 is 17.7 Å². The molecular formula is C22H15F3N2O3. The Morgan fingerprint density at radius 1 is 1.13 bits per heavy atom. The highest BCUT2D eigenvalue weighted by molar-refractivity contribution is 6.09. The Kier molecular flexibility index (Phi) is 5.93. The average molecular weight is 412 g/mol. The van der Waals surface area contributed by atoms with Crippen molar-refractivity contribution < 1.29 is 27.1 Å². The van der Waals surface area contributed by atoms with Crippen LogP contribution in [0.2, 0.25) is 0 Å². The number of methoxy groups -OCH3 is 1. The summed E-state index contributed by atoms with van der Waals surface area (Å²) in [5.41, 5.74) is -0.375. The maximum atomic E-state index is 12.9. The van der Waals surface area contributed by atoms with Crippen molar-refractivity contribution in [1.29, 1.82) is 5.26 Å². The van der Waals surface area contributed by atoms with Crippen molar-refractivity contribution in [3.8, 4) is 23.1 Å². The molecule has 152 valence electrons. The minimum Gasteiger partial charge on any atom is -0.497 e. The highest BCUT2D eigenvalue weighted by Crippen LogP contribution is 2.33. The number of hydrogen-bond donors (Lipinski definition) is 1. The quantitative estimate of drug-likeness (QED) is 0.442. The van der Waals surface area contributed by atoms with E-state index in [-0.39, 0.29) is 22.7 Å². The number of amides is 1. The molecule has 1 amide bonds. The van der Waals surface area contributed by atoms with E-state index in [0.717, 1.165) is 12.1 Å². The number of nitriles is 1. The summed E-state index contributed by atoms with van der Waals surface area (Å²) in [5.74, 6) is 0.201. The SMILES string of the molecule is COc1cccc(NC(=O)/C(C#N)=C\c2ccc(-c3cccc(C(F)(F)F)c3)o2)c1. The zero-order valence-corrected chi connectivity index (χ0v) is 15.7. The number of carbonyl (C=O) groups excluding carboxylic acids is 1. The molecule has 1 N–H and O–H groups in total. The van der Waals surface area contributed by atoms with E-state index in [2.05, 4.69) is 5.32 Å². The molecule has 8 heteroatoms. The summed E-state index contributed by atoms with van der Waals surface area (Å²) in [6.07, 6.45) is -3.26. The maximum absolute atomic E-state index is 12.9. The number of furan rings is 1. The van der Waals surface area contributed by atoms with Crippen LogP contribution in [-0.4, -0.2) is 13.0 Å². The van der Waals surface area contributed by atoms with Crippen molar-refractivity contribution in [2.75, 3.05) is 12.4 Å². The number of anilines is 1. The molecule has 30 heavy (non-hydrogen) atoms. The lowest BCUT2D eigenvalue weighted by Crippen LogP contribution is -2.13.